The molecule has 2 atom stereocenters. The molecule has 5 rings (SSSR count). The third kappa shape index (κ3) is 6.27. The summed E-state index contributed by atoms with van der Waals surface area (Å²) in [7, 11) is 2.11. The molecule has 0 aromatic heterocycles. The Balaban J connectivity index is 1.25. The standard InChI is InChI=1S/C31H37N5O5/c1-21(2)19-25(32-29(38)22-9-11-23(12-10-22)34-17-15-33(3)16-18-34)30(39)35-14-13-26-28(35)27(37)20-36(26)31(40)41-24-7-5-4-6-8-24/h4-13,21,25,28H,14-20H2,1-3H3,(H,32,38). The van der Waals surface area contributed by atoms with E-state index in [0.717, 1.165) is 31.9 Å². The van der Waals surface area contributed by atoms with E-state index >= 15 is 0 Å². The number of amides is 3. The van der Waals surface area contributed by atoms with Crippen LogP contribution in [0.3, 0.4) is 0 Å². The largest absolute Gasteiger partial charge is 0.419 e. The van der Waals surface area contributed by atoms with Crippen molar-refractivity contribution in [1.82, 2.24) is 20.0 Å². The van der Waals surface area contributed by atoms with Gasteiger partial charge in [-0.15, -0.1) is 0 Å². The number of likely N-dealkylation sites (N-methyl/N-ethyl adjacent to an activating group) is 1. The van der Waals surface area contributed by atoms with Crippen LogP contribution in [0.2, 0.25) is 0 Å². The summed E-state index contributed by atoms with van der Waals surface area (Å²) in [6, 6.07) is 14.4. The van der Waals surface area contributed by atoms with Gasteiger partial charge in [0.05, 0.1) is 12.2 Å². The molecule has 3 heterocycles. The zero-order valence-electron chi connectivity index (χ0n) is 23.8. The van der Waals surface area contributed by atoms with Gasteiger partial charge in [-0.25, -0.2) is 4.79 Å². The van der Waals surface area contributed by atoms with Gasteiger partial charge in [-0.1, -0.05) is 32.0 Å². The number of benzene rings is 2. The Labute approximate surface area is 240 Å². The summed E-state index contributed by atoms with van der Waals surface area (Å²) in [4.78, 5) is 60.2. The lowest BCUT2D eigenvalue weighted by atomic mass is 10.0. The minimum Gasteiger partial charge on any atom is -0.410 e. The second-order valence-corrected chi connectivity index (χ2v) is 11.2. The maximum atomic E-state index is 13.8. The molecule has 0 saturated carbocycles. The summed E-state index contributed by atoms with van der Waals surface area (Å²) in [5.74, 6) is -0.455. The molecule has 0 aliphatic carbocycles. The first-order chi connectivity index (χ1) is 19.7. The lowest BCUT2D eigenvalue weighted by Crippen LogP contribution is -2.52. The highest BCUT2D eigenvalue weighted by Crippen LogP contribution is 2.31. The van der Waals surface area contributed by atoms with Crippen LogP contribution in [0, 0.1) is 5.92 Å². The summed E-state index contributed by atoms with van der Waals surface area (Å²) >= 11 is 0. The van der Waals surface area contributed by atoms with Crippen molar-refractivity contribution in [2.24, 2.45) is 5.92 Å². The summed E-state index contributed by atoms with van der Waals surface area (Å²) < 4.78 is 5.43. The predicted molar refractivity (Wildman–Crippen MR) is 155 cm³/mol. The number of carbonyl (C=O) groups excluding carboxylic acids is 4. The molecular weight excluding hydrogens is 522 g/mol. The summed E-state index contributed by atoms with van der Waals surface area (Å²) in [5, 5.41) is 2.92. The van der Waals surface area contributed by atoms with Crippen LogP contribution in [0.5, 0.6) is 5.75 Å². The normalized spacial score (nSPS) is 19.7. The molecule has 10 heteroatoms. The molecule has 2 unspecified atom stereocenters. The number of carbonyl (C=O) groups is 4. The van der Waals surface area contributed by atoms with E-state index in [2.05, 4.69) is 22.2 Å². The first kappa shape index (κ1) is 28.4. The third-order valence-electron chi connectivity index (χ3n) is 7.78. The third-order valence-corrected chi connectivity index (χ3v) is 7.78. The van der Waals surface area contributed by atoms with E-state index in [1.54, 1.807) is 42.5 Å². The Morgan fingerprint density at radius 1 is 0.976 bits per heavy atom. The average molecular weight is 560 g/mol. The SMILES string of the molecule is CC(C)CC(NC(=O)c1ccc(N2CCN(C)CC2)cc1)C(=O)N1CC=C2C1C(=O)CN2C(=O)Oc1ccccc1. The lowest BCUT2D eigenvalue weighted by molar-refractivity contribution is -0.137. The number of para-hydroxylation sites is 1. The molecule has 2 aromatic carbocycles. The van der Waals surface area contributed by atoms with Crippen molar-refractivity contribution < 1.29 is 23.9 Å². The van der Waals surface area contributed by atoms with Crippen LogP contribution in [0.25, 0.3) is 0 Å². The van der Waals surface area contributed by atoms with E-state index in [9.17, 15) is 19.2 Å². The Bertz CT molecular complexity index is 1320. The molecule has 0 spiro atoms. The molecular formula is C31H37N5O5. The second kappa shape index (κ2) is 12.1. The van der Waals surface area contributed by atoms with E-state index in [1.165, 1.54) is 9.80 Å². The second-order valence-electron chi connectivity index (χ2n) is 11.2. The van der Waals surface area contributed by atoms with Crippen molar-refractivity contribution >= 4 is 29.4 Å². The Kier molecular flexibility index (Phi) is 8.39. The minimum absolute atomic E-state index is 0.121. The highest BCUT2D eigenvalue weighted by atomic mass is 16.6. The number of Topliss-reactive ketones (excluding diaryl/α,β-unsaturated/α-hetero) is 1. The number of hydrogen-bond acceptors (Lipinski definition) is 7. The Morgan fingerprint density at radius 2 is 1.66 bits per heavy atom. The number of likely N-dealkylation sites (tertiary alicyclic amines) is 1. The van der Waals surface area contributed by atoms with Crippen molar-refractivity contribution in [2.75, 3.05) is 51.2 Å². The van der Waals surface area contributed by atoms with Gasteiger partial charge in [-0.05, 0) is 61.9 Å². The number of nitrogens with one attached hydrogen (secondary N) is 1. The fraction of sp³-hybridized carbons (Fsp3) is 0.419. The number of piperazine rings is 1. The van der Waals surface area contributed by atoms with E-state index in [-0.39, 0.29) is 36.6 Å². The van der Waals surface area contributed by atoms with Gasteiger partial charge in [-0.2, -0.15) is 0 Å². The molecule has 0 radical (unpaired) electrons. The van der Waals surface area contributed by atoms with Gasteiger partial charge in [0.2, 0.25) is 5.91 Å². The lowest BCUT2D eigenvalue weighted by Gasteiger charge is -2.34. The van der Waals surface area contributed by atoms with Crippen LogP contribution >= 0.6 is 0 Å². The number of ether oxygens (including phenoxy) is 1. The van der Waals surface area contributed by atoms with E-state index in [0.29, 0.717) is 23.4 Å². The molecule has 1 N–H and O–H groups in total. The van der Waals surface area contributed by atoms with Gasteiger partial charge in [0.1, 0.15) is 17.8 Å². The van der Waals surface area contributed by atoms with Crippen LogP contribution in [0.4, 0.5) is 10.5 Å². The topological polar surface area (TPSA) is 103 Å². The molecule has 41 heavy (non-hydrogen) atoms. The highest BCUT2D eigenvalue weighted by molar-refractivity contribution is 6.02. The number of ketones is 1. The molecule has 2 fully saturated rings. The van der Waals surface area contributed by atoms with Gasteiger partial charge in [0.25, 0.3) is 5.91 Å². The van der Waals surface area contributed by atoms with Gasteiger partial charge in [0, 0.05) is 44.0 Å². The van der Waals surface area contributed by atoms with E-state index < -0.39 is 18.2 Å². The molecule has 0 bridgehead atoms. The van der Waals surface area contributed by atoms with E-state index in [4.69, 9.17) is 4.74 Å². The predicted octanol–water partition coefficient (Wildman–Crippen LogP) is 2.76. The van der Waals surface area contributed by atoms with Crippen molar-refractivity contribution in [1.29, 1.82) is 0 Å². The smallest absolute Gasteiger partial charge is 0.410 e. The van der Waals surface area contributed by atoms with Crippen LogP contribution in [0.15, 0.2) is 66.4 Å². The molecule has 2 aromatic rings. The number of fused-ring (bicyclic) bond motifs is 1. The van der Waals surface area contributed by atoms with Crippen molar-refractivity contribution in [3.8, 4) is 5.75 Å². The Morgan fingerprint density at radius 3 is 2.32 bits per heavy atom. The summed E-state index contributed by atoms with van der Waals surface area (Å²) in [5.41, 5.74) is 1.98. The van der Waals surface area contributed by atoms with Crippen molar-refractivity contribution in [3.05, 3.63) is 71.9 Å². The summed E-state index contributed by atoms with van der Waals surface area (Å²) in [6.45, 7) is 7.80. The van der Waals surface area contributed by atoms with Gasteiger partial charge >= 0.3 is 6.09 Å². The minimum atomic E-state index is -0.875. The van der Waals surface area contributed by atoms with Crippen LogP contribution in [-0.4, -0.2) is 96.8 Å². The molecule has 3 aliphatic heterocycles. The maximum Gasteiger partial charge on any atom is 0.419 e. The zero-order chi connectivity index (χ0) is 29.1. The molecule has 3 aliphatic rings. The number of anilines is 1. The average Bonchev–Trinajstić information content (AvgIpc) is 3.54. The first-order valence-electron chi connectivity index (χ1n) is 14.1. The zero-order valence-corrected chi connectivity index (χ0v) is 23.8. The molecule has 216 valence electrons. The van der Waals surface area contributed by atoms with Crippen LogP contribution < -0.4 is 15.0 Å². The van der Waals surface area contributed by atoms with Crippen molar-refractivity contribution in [2.45, 2.75) is 32.4 Å². The van der Waals surface area contributed by atoms with Gasteiger partial charge < -0.3 is 24.8 Å². The monoisotopic (exact) mass is 559 g/mol. The highest BCUT2D eigenvalue weighted by Gasteiger charge is 2.48. The summed E-state index contributed by atoms with van der Waals surface area (Å²) in [6.07, 6.45) is 1.46. The van der Waals surface area contributed by atoms with E-state index in [1.807, 2.05) is 32.0 Å². The molecule has 2 saturated heterocycles. The van der Waals surface area contributed by atoms with Crippen LogP contribution in [0.1, 0.15) is 30.6 Å². The van der Waals surface area contributed by atoms with Crippen molar-refractivity contribution in [3.63, 3.8) is 0 Å². The fourth-order valence-corrected chi connectivity index (χ4v) is 5.55. The number of nitrogens with zero attached hydrogens (tertiary/aromatic N) is 4. The molecule has 10 nitrogen and oxygen atoms in total. The van der Waals surface area contributed by atoms with Gasteiger partial charge in [0.15, 0.2) is 5.78 Å². The number of rotatable bonds is 7. The van der Waals surface area contributed by atoms with Gasteiger partial charge in [-0.3, -0.25) is 19.3 Å². The number of hydrogen-bond donors (Lipinski definition) is 1. The maximum absolute atomic E-state index is 13.8. The fourth-order valence-electron chi connectivity index (χ4n) is 5.55. The first-order valence-corrected chi connectivity index (χ1v) is 14.1. The molecule has 3 amide bonds. The van der Waals surface area contributed by atoms with Crippen LogP contribution in [-0.2, 0) is 9.59 Å². The quantitative estimate of drug-likeness (QED) is 0.557. The Hall–Kier alpha value is -4.18.